The number of para-hydroxylation sites is 2. The van der Waals surface area contributed by atoms with E-state index in [0.29, 0.717) is 22.5 Å². The molecule has 0 aliphatic carbocycles. The number of rotatable bonds is 4. The van der Waals surface area contributed by atoms with Crippen LogP contribution in [0.15, 0.2) is 179 Å². The largest absolute Gasteiger partial charge is 0.497 e. The second-order valence-electron chi connectivity index (χ2n) is 17.6. The highest BCUT2D eigenvalue weighted by atomic mass is 127. The predicted molar refractivity (Wildman–Crippen MR) is 299 cm³/mol. The molecule has 1 saturated heterocycles. The molecule has 1 fully saturated rings. The summed E-state index contributed by atoms with van der Waals surface area (Å²) in [7, 11) is -0.609. The monoisotopic (exact) mass is 1150 g/mol. The van der Waals surface area contributed by atoms with Gasteiger partial charge >= 0.3 is 7.12 Å². The fourth-order valence-corrected chi connectivity index (χ4v) is 9.55. The zero-order chi connectivity index (χ0) is 49.3. The standard InChI is InChI=1S/C26H22BN3O2.C26H14BrN3.C6H4BrI/c1-25(2)26(3,4)32-27(31-25)21-14-17(16-28)10-12-24(21)30-22-9-7-6-8-19(22)20-15-18(29-5)11-13-23(20)30;1-29-20-11-13-26-23(15-20)21-4-2-3-5-24(21)30(26)25-12-6-17(16-28)14-22(25)18-7-9-19(27)10-8-18;7-5-1-3-6(8)4-2-5/h6-15H,1-4H3;2-15H;1-4H. The molecule has 8 aromatic carbocycles. The van der Waals surface area contributed by atoms with E-state index in [-0.39, 0.29) is 0 Å². The molecule has 0 saturated carbocycles. The molecular weight excluding hydrogens is 1110 g/mol. The maximum absolute atomic E-state index is 9.57. The number of benzene rings is 8. The third-order valence-corrected chi connectivity index (χ3v) is 14.6. The summed E-state index contributed by atoms with van der Waals surface area (Å²) in [6.45, 7) is 22.9. The Balaban J connectivity index is 0.000000150. The van der Waals surface area contributed by atoms with Gasteiger partial charge in [0.1, 0.15) is 0 Å². The van der Waals surface area contributed by atoms with E-state index in [4.69, 9.17) is 22.5 Å². The summed E-state index contributed by atoms with van der Waals surface area (Å²) in [4.78, 5) is 7.22. The zero-order valence-corrected chi connectivity index (χ0v) is 43.7. The van der Waals surface area contributed by atoms with E-state index in [1.165, 1.54) is 3.57 Å². The Morgan fingerprint density at radius 1 is 0.529 bits per heavy atom. The Bertz CT molecular complexity index is 3800. The summed E-state index contributed by atoms with van der Waals surface area (Å²) in [5, 5.41) is 23.3. The van der Waals surface area contributed by atoms with Gasteiger partial charge in [0.15, 0.2) is 11.4 Å². The maximum atomic E-state index is 9.57. The van der Waals surface area contributed by atoms with Gasteiger partial charge in [0.25, 0.3) is 0 Å². The van der Waals surface area contributed by atoms with Crippen molar-refractivity contribution in [2.45, 2.75) is 38.9 Å². The van der Waals surface area contributed by atoms with Crippen molar-refractivity contribution in [2.75, 3.05) is 0 Å². The lowest BCUT2D eigenvalue weighted by atomic mass is 9.77. The van der Waals surface area contributed by atoms with Gasteiger partial charge in [0.2, 0.25) is 0 Å². The number of hydrogen-bond acceptors (Lipinski definition) is 4. The first-order valence-corrected chi connectivity index (χ1v) is 24.8. The lowest BCUT2D eigenvalue weighted by Crippen LogP contribution is -2.41. The topological polar surface area (TPSA) is 84.6 Å². The number of fused-ring (bicyclic) bond motifs is 6. The number of halogens is 3. The molecule has 11 rings (SSSR count). The number of aromatic nitrogens is 2. The highest BCUT2D eigenvalue weighted by Crippen LogP contribution is 2.40. The summed E-state index contributed by atoms with van der Waals surface area (Å²) in [6, 6.07) is 60.1. The summed E-state index contributed by atoms with van der Waals surface area (Å²) in [5.41, 5.74) is 10.2. The number of nitrogens with zero attached hydrogens (tertiary/aromatic N) is 6. The molecule has 1 aliphatic heterocycles. The fraction of sp³-hybridized carbons (Fsp3) is 0.103. The molecule has 0 bridgehead atoms. The van der Waals surface area contributed by atoms with Gasteiger partial charge in [-0.3, -0.25) is 0 Å². The molecule has 2 aromatic heterocycles. The first kappa shape index (κ1) is 48.0. The van der Waals surface area contributed by atoms with E-state index in [1.54, 1.807) is 0 Å². The van der Waals surface area contributed by atoms with Gasteiger partial charge < -0.3 is 18.4 Å². The Morgan fingerprint density at radius 3 is 1.46 bits per heavy atom. The molecule has 12 heteroatoms. The van der Waals surface area contributed by atoms with E-state index in [9.17, 15) is 10.5 Å². The molecule has 8 nitrogen and oxygen atoms in total. The Hall–Kier alpha value is -7.01. The van der Waals surface area contributed by atoms with E-state index in [0.717, 1.165) is 80.5 Å². The molecule has 338 valence electrons. The number of hydrogen-bond donors (Lipinski definition) is 0. The van der Waals surface area contributed by atoms with Crippen LogP contribution in [0.2, 0.25) is 0 Å². The third-order valence-electron chi connectivity index (χ3n) is 12.8. The summed E-state index contributed by atoms with van der Waals surface area (Å²) >= 11 is 9.12. The summed E-state index contributed by atoms with van der Waals surface area (Å²) in [6.07, 6.45) is 0. The van der Waals surface area contributed by atoms with E-state index >= 15 is 0 Å². The Morgan fingerprint density at radius 2 is 0.971 bits per heavy atom. The number of nitriles is 2. The van der Waals surface area contributed by atoms with Crippen LogP contribution in [-0.4, -0.2) is 27.5 Å². The highest BCUT2D eigenvalue weighted by molar-refractivity contribution is 14.1. The molecule has 0 amide bonds. The second kappa shape index (κ2) is 19.8. The molecule has 0 spiro atoms. The zero-order valence-electron chi connectivity index (χ0n) is 38.4. The lowest BCUT2D eigenvalue weighted by molar-refractivity contribution is 0.00578. The molecule has 0 N–H and O–H groups in total. The first-order chi connectivity index (χ1) is 33.7. The van der Waals surface area contributed by atoms with Crippen LogP contribution in [0.4, 0.5) is 11.4 Å². The summed E-state index contributed by atoms with van der Waals surface area (Å²) < 4.78 is 20.5. The molecule has 10 aromatic rings. The lowest BCUT2D eigenvalue weighted by Gasteiger charge is -2.32. The second-order valence-corrected chi connectivity index (χ2v) is 20.7. The van der Waals surface area contributed by atoms with Gasteiger partial charge in [0, 0.05) is 40.0 Å². The molecule has 70 heavy (non-hydrogen) atoms. The van der Waals surface area contributed by atoms with Crippen molar-refractivity contribution in [2.24, 2.45) is 0 Å². The van der Waals surface area contributed by atoms with Crippen LogP contribution in [0.5, 0.6) is 0 Å². The fourth-order valence-electron chi connectivity index (χ4n) is 8.66. The van der Waals surface area contributed by atoms with E-state index < -0.39 is 18.3 Å². The van der Waals surface area contributed by atoms with Crippen LogP contribution in [0.1, 0.15) is 38.8 Å². The summed E-state index contributed by atoms with van der Waals surface area (Å²) in [5.74, 6) is 0. The van der Waals surface area contributed by atoms with Crippen LogP contribution >= 0.6 is 54.5 Å². The molecule has 0 radical (unpaired) electrons. The average Bonchev–Trinajstić information content (AvgIpc) is 3.97. The Labute approximate surface area is 437 Å². The Kier molecular flexibility index (Phi) is 13.6. The van der Waals surface area contributed by atoms with Crippen LogP contribution in [0.3, 0.4) is 0 Å². The van der Waals surface area contributed by atoms with Crippen LogP contribution in [0, 0.1) is 39.4 Å². The van der Waals surface area contributed by atoms with Gasteiger partial charge in [-0.25, -0.2) is 9.69 Å². The smallest absolute Gasteiger partial charge is 0.399 e. The minimum atomic E-state index is -0.609. The van der Waals surface area contributed by atoms with Gasteiger partial charge in [-0.1, -0.05) is 92.5 Å². The first-order valence-electron chi connectivity index (χ1n) is 22.2. The van der Waals surface area contributed by atoms with E-state index in [1.807, 2.05) is 149 Å². The minimum absolute atomic E-state index is 0.497. The molecular formula is C58H40BBr2IN6O2. The van der Waals surface area contributed by atoms with Crippen molar-refractivity contribution in [1.29, 1.82) is 10.5 Å². The normalized spacial score (nSPS) is 13.4. The van der Waals surface area contributed by atoms with Gasteiger partial charge in [0.05, 0.1) is 75.4 Å². The van der Waals surface area contributed by atoms with Crippen molar-refractivity contribution >= 4 is 122 Å². The molecule has 3 heterocycles. The van der Waals surface area contributed by atoms with Crippen LogP contribution < -0.4 is 5.46 Å². The van der Waals surface area contributed by atoms with Crippen molar-refractivity contribution in [3.63, 3.8) is 0 Å². The van der Waals surface area contributed by atoms with Gasteiger partial charge in [-0.2, -0.15) is 10.5 Å². The van der Waals surface area contributed by atoms with Crippen molar-refractivity contribution in [3.8, 4) is 34.6 Å². The SMILES string of the molecule is Brc1ccc(I)cc1.[C-]#[N+]c1ccc2c(c1)c1ccccc1n2-c1ccc(C#N)cc1-c1ccc(Br)cc1.[C-]#[N+]c1ccc2c(c1)c1ccccc1n2-c1ccc(C#N)cc1B1OC(C)(C)C(C)(C)O1. The van der Waals surface area contributed by atoms with Crippen LogP contribution in [0.25, 0.3) is 75.8 Å². The highest BCUT2D eigenvalue weighted by Gasteiger charge is 2.52. The maximum Gasteiger partial charge on any atom is 0.497 e. The predicted octanol–water partition coefficient (Wildman–Crippen LogP) is 16.2. The van der Waals surface area contributed by atoms with Crippen molar-refractivity contribution in [3.05, 3.63) is 216 Å². The average molecular weight is 1150 g/mol. The van der Waals surface area contributed by atoms with Crippen molar-refractivity contribution < 1.29 is 9.31 Å². The third kappa shape index (κ3) is 9.26. The molecule has 0 unspecified atom stereocenters. The van der Waals surface area contributed by atoms with Gasteiger partial charge in [-0.05, 0) is 176 Å². The van der Waals surface area contributed by atoms with Crippen LogP contribution in [-0.2, 0) is 9.31 Å². The van der Waals surface area contributed by atoms with Gasteiger partial charge in [-0.15, -0.1) is 0 Å². The van der Waals surface area contributed by atoms with E-state index in [2.05, 4.69) is 134 Å². The van der Waals surface area contributed by atoms with Crippen molar-refractivity contribution in [1.82, 2.24) is 9.13 Å². The molecule has 0 atom stereocenters. The quantitative estimate of drug-likeness (QED) is 0.0998. The molecule has 1 aliphatic rings. The minimum Gasteiger partial charge on any atom is -0.399 e.